The lowest BCUT2D eigenvalue weighted by Crippen LogP contribution is -2.55. The van der Waals surface area contributed by atoms with Gasteiger partial charge in [-0.05, 0) is 67.8 Å². The average molecular weight is 512 g/mol. The van der Waals surface area contributed by atoms with E-state index in [4.69, 9.17) is 8.83 Å². The second-order valence-electron chi connectivity index (χ2n) is 10.3. The van der Waals surface area contributed by atoms with Gasteiger partial charge in [-0.25, -0.2) is 0 Å². The third kappa shape index (κ3) is 4.38. The van der Waals surface area contributed by atoms with Gasteiger partial charge in [-0.1, -0.05) is 37.3 Å². The highest BCUT2D eigenvalue weighted by molar-refractivity contribution is 6.10. The molecule has 2 N–H and O–H groups in total. The number of carbonyl (C=O) groups is 3. The Kier molecular flexibility index (Phi) is 6.18. The smallest absolute Gasteiger partial charge is 0.291 e. The third-order valence-corrected chi connectivity index (χ3v) is 7.07. The number of hydrogen-bond donors (Lipinski definition) is 2. The molecule has 8 heteroatoms. The highest BCUT2D eigenvalue weighted by Gasteiger charge is 2.47. The lowest BCUT2D eigenvalue weighted by molar-refractivity contribution is -0.117. The van der Waals surface area contributed by atoms with Crippen molar-refractivity contribution < 1.29 is 23.2 Å². The van der Waals surface area contributed by atoms with E-state index < -0.39 is 22.8 Å². The zero-order valence-electron chi connectivity index (χ0n) is 21.7. The number of carbonyl (C=O) groups excluding carboxylic acids is 3. The first-order valence-corrected chi connectivity index (χ1v) is 12.3. The predicted octanol–water partition coefficient (Wildman–Crippen LogP) is 6.22. The maximum Gasteiger partial charge on any atom is 0.291 e. The van der Waals surface area contributed by atoms with E-state index >= 15 is 0 Å². The zero-order chi connectivity index (χ0) is 27.1. The van der Waals surface area contributed by atoms with Crippen molar-refractivity contribution in [2.75, 3.05) is 15.5 Å². The number of hydrogen-bond acceptors (Lipinski definition) is 5. The summed E-state index contributed by atoms with van der Waals surface area (Å²) in [5.74, 6) is -0.836. The number of furan rings is 2. The summed E-state index contributed by atoms with van der Waals surface area (Å²) in [6, 6.07) is 20.0. The summed E-state index contributed by atoms with van der Waals surface area (Å²) in [5, 5.41) is 5.74. The molecule has 1 unspecified atom stereocenters. The average Bonchev–Trinajstić information content (AvgIpc) is 3.59. The first kappa shape index (κ1) is 25.1. The second kappa shape index (κ2) is 9.37. The molecule has 5 rings (SSSR count). The van der Waals surface area contributed by atoms with Crippen LogP contribution in [0.4, 0.5) is 17.1 Å². The second-order valence-corrected chi connectivity index (χ2v) is 10.3. The predicted molar refractivity (Wildman–Crippen MR) is 145 cm³/mol. The molecule has 1 aliphatic rings. The molecule has 3 amide bonds. The van der Waals surface area contributed by atoms with E-state index in [0.29, 0.717) is 23.5 Å². The van der Waals surface area contributed by atoms with Crippen molar-refractivity contribution in [3.05, 3.63) is 102 Å². The summed E-state index contributed by atoms with van der Waals surface area (Å²) in [5.41, 5.74) is 2.24. The van der Waals surface area contributed by atoms with Crippen LogP contribution in [0.25, 0.3) is 0 Å². The molecule has 1 atom stereocenters. The summed E-state index contributed by atoms with van der Waals surface area (Å²) >= 11 is 0. The molecule has 194 valence electrons. The van der Waals surface area contributed by atoms with Crippen molar-refractivity contribution in [1.82, 2.24) is 0 Å². The van der Waals surface area contributed by atoms with Crippen LogP contribution < -0.4 is 15.5 Å². The molecule has 0 aliphatic carbocycles. The van der Waals surface area contributed by atoms with Gasteiger partial charge in [0.05, 0.1) is 29.6 Å². The Morgan fingerprint density at radius 1 is 0.789 bits per heavy atom. The summed E-state index contributed by atoms with van der Waals surface area (Å²) < 4.78 is 10.5. The maximum absolute atomic E-state index is 13.0. The van der Waals surface area contributed by atoms with Crippen LogP contribution in [0.5, 0.6) is 0 Å². The monoisotopic (exact) mass is 511 g/mol. The highest BCUT2D eigenvalue weighted by Crippen LogP contribution is 2.52. The Bertz CT molecular complexity index is 1490. The van der Waals surface area contributed by atoms with Gasteiger partial charge in [-0.3, -0.25) is 14.4 Å². The Morgan fingerprint density at radius 3 is 1.84 bits per heavy atom. The molecular formula is C30H29N3O5. The van der Waals surface area contributed by atoms with E-state index in [1.54, 1.807) is 35.2 Å². The highest BCUT2D eigenvalue weighted by atomic mass is 16.3. The van der Waals surface area contributed by atoms with Crippen LogP contribution in [0.1, 0.15) is 66.4 Å². The molecule has 38 heavy (non-hydrogen) atoms. The lowest BCUT2D eigenvalue weighted by atomic mass is 9.65. The van der Waals surface area contributed by atoms with Crippen LogP contribution in [-0.4, -0.2) is 23.3 Å². The van der Waals surface area contributed by atoms with Crippen LogP contribution in [0.3, 0.4) is 0 Å². The van der Waals surface area contributed by atoms with Crippen molar-refractivity contribution in [2.24, 2.45) is 0 Å². The van der Waals surface area contributed by atoms with Crippen LogP contribution in [0.2, 0.25) is 0 Å². The number of nitrogens with one attached hydrogen (secondary N) is 2. The fraction of sp³-hybridized carbons (Fsp3) is 0.233. The van der Waals surface area contributed by atoms with Crippen molar-refractivity contribution in [2.45, 2.75) is 45.1 Å². The Hall–Kier alpha value is -4.59. The molecule has 0 saturated heterocycles. The molecule has 0 bridgehead atoms. The van der Waals surface area contributed by atoms with Gasteiger partial charge in [0.2, 0.25) is 5.91 Å². The van der Waals surface area contributed by atoms with Gasteiger partial charge >= 0.3 is 0 Å². The fourth-order valence-corrected chi connectivity index (χ4v) is 5.63. The molecule has 2 aromatic heterocycles. The van der Waals surface area contributed by atoms with Gasteiger partial charge < -0.3 is 24.4 Å². The molecule has 0 saturated carbocycles. The SMILES string of the molecule is CC(=O)N1c2cc(NC(=O)c3ccco3)c(NC(=O)c3ccco3)cc2C(C)(c2ccccc2)CC1(C)C. The molecule has 4 aromatic rings. The Balaban J connectivity index is 1.71. The summed E-state index contributed by atoms with van der Waals surface area (Å²) in [6.45, 7) is 7.74. The number of amides is 3. The maximum atomic E-state index is 13.0. The van der Waals surface area contributed by atoms with Crippen LogP contribution in [-0.2, 0) is 10.2 Å². The van der Waals surface area contributed by atoms with E-state index in [-0.39, 0.29) is 17.4 Å². The molecular weight excluding hydrogens is 482 g/mol. The Morgan fingerprint density at radius 2 is 1.34 bits per heavy atom. The molecule has 0 fully saturated rings. The summed E-state index contributed by atoms with van der Waals surface area (Å²) in [7, 11) is 0. The van der Waals surface area contributed by atoms with Crippen LogP contribution in [0, 0.1) is 0 Å². The van der Waals surface area contributed by atoms with Gasteiger partial charge in [-0.2, -0.15) is 0 Å². The minimum atomic E-state index is -0.537. The minimum Gasteiger partial charge on any atom is -0.459 e. The van der Waals surface area contributed by atoms with E-state index in [2.05, 4.69) is 29.7 Å². The topological polar surface area (TPSA) is 105 Å². The van der Waals surface area contributed by atoms with E-state index in [1.165, 1.54) is 19.5 Å². The van der Waals surface area contributed by atoms with Crippen LogP contribution >= 0.6 is 0 Å². The zero-order valence-corrected chi connectivity index (χ0v) is 21.7. The van der Waals surface area contributed by atoms with Gasteiger partial charge in [-0.15, -0.1) is 0 Å². The molecule has 1 aliphatic heterocycles. The third-order valence-electron chi connectivity index (χ3n) is 7.07. The number of rotatable bonds is 5. The first-order chi connectivity index (χ1) is 18.1. The van der Waals surface area contributed by atoms with E-state index in [1.807, 2.05) is 38.1 Å². The largest absolute Gasteiger partial charge is 0.459 e. The minimum absolute atomic E-state index is 0.115. The Labute approximate surface area is 220 Å². The number of benzene rings is 2. The van der Waals surface area contributed by atoms with Crippen LogP contribution in [0.15, 0.2) is 88.1 Å². The standard InChI is InChI=1S/C30H29N3O5/c1-19(34)33-24-17-23(32-28(36)26-13-9-15-38-26)22(31-27(35)25-12-8-14-37-25)16-21(24)30(4,18-29(33,2)3)20-10-6-5-7-11-20/h5-17H,18H2,1-4H3,(H,31,35)(H,32,36). The molecule has 2 aromatic carbocycles. The summed E-state index contributed by atoms with van der Waals surface area (Å²) in [6.07, 6.45) is 3.47. The van der Waals surface area contributed by atoms with Crippen molar-refractivity contribution in [3.8, 4) is 0 Å². The number of anilines is 3. The van der Waals surface area contributed by atoms with Crippen molar-refractivity contribution in [1.29, 1.82) is 0 Å². The normalized spacial score (nSPS) is 17.9. The van der Waals surface area contributed by atoms with E-state index in [9.17, 15) is 14.4 Å². The number of nitrogens with zero attached hydrogens (tertiary/aromatic N) is 1. The van der Waals surface area contributed by atoms with E-state index in [0.717, 1.165) is 11.1 Å². The number of fused-ring (bicyclic) bond motifs is 1. The summed E-state index contributed by atoms with van der Waals surface area (Å²) in [4.78, 5) is 40.8. The molecule has 8 nitrogen and oxygen atoms in total. The lowest BCUT2D eigenvalue weighted by Gasteiger charge is -2.51. The van der Waals surface area contributed by atoms with Crippen molar-refractivity contribution >= 4 is 34.8 Å². The van der Waals surface area contributed by atoms with Gasteiger partial charge in [0.1, 0.15) is 0 Å². The molecule has 0 spiro atoms. The van der Waals surface area contributed by atoms with Crippen molar-refractivity contribution in [3.63, 3.8) is 0 Å². The fourth-order valence-electron chi connectivity index (χ4n) is 5.63. The van der Waals surface area contributed by atoms with Gasteiger partial charge in [0, 0.05) is 17.9 Å². The van der Waals surface area contributed by atoms with Gasteiger partial charge in [0.25, 0.3) is 11.8 Å². The quantitative estimate of drug-likeness (QED) is 0.331. The first-order valence-electron chi connectivity index (χ1n) is 12.3. The molecule has 0 radical (unpaired) electrons. The molecule has 3 heterocycles. The van der Waals surface area contributed by atoms with Gasteiger partial charge in [0.15, 0.2) is 11.5 Å².